The van der Waals surface area contributed by atoms with Gasteiger partial charge in [-0.1, -0.05) is 11.6 Å². The lowest BCUT2D eigenvalue weighted by Gasteiger charge is -2.35. The van der Waals surface area contributed by atoms with Crippen molar-refractivity contribution in [3.8, 4) is 5.75 Å². The van der Waals surface area contributed by atoms with Gasteiger partial charge < -0.3 is 15.2 Å². The molecule has 1 aliphatic heterocycles. The summed E-state index contributed by atoms with van der Waals surface area (Å²) in [5.41, 5.74) is 0.491. The zero-order chi connectivity index (χ0) is 25.3. The van der Waals surface area contributed by atoms with Crippen molar-refractivity contribution in [3.63, 3.8) is 0 Å². The van der Waals surface area contributed by atoms with Crippen LogP contribution in [-0.4, -0.2) is 54.5 Å². The fraction of sp³-hybridized carbons (Fsp3) is 0.190. The number of benzene rings is 2. The summed E-state index contributed by atoms with van der Waals surface area (Å²) in [4.78, 5) is 23.2. The average Bonchev–Trinajstić information content (AvgIpc) is 3.24. The zero-order valence-corrected chi connectivity index (χ0v) is 19.7. The van der Waals surface area contributed by atoms with Gasteiger partial charge in [0.05, 0.1) is 40.5 Å². The van der Waals surface area contributed by atoms with Gasteiger partial charge in [0.15, 0.2) is 0 Å². The Hall–Kier alpha value is -3.84. The molecular formula is C21H19ClFN5O6S. The SMILES string of the molecule is Cn1cc(C(=O)NCC2CN(S(=O)(=O)c3ccc(F)c(Cl)c3)c3cc(NC(=O)O)ccc3O2)cn1. The maximum Gasteiger partial charge on any atom is 0.409 e. The van der Waals surface area contributed by atoms with Crippen LogP contribution in [0.25, 0.3) is 0 Å². The minimum atomic E-state index is -4.28. The van der Waals surface area contributed by atoms with E-state index < -0.39 is 33.9 Å². The largest absolute Gasteiger partial charge is 0.484 e. The van der Waals surface area contributed by atoms with Crippen LogP contribution in [0.1, 0.15) is 10.4 Å². The second-order valence-corrected chi connectivity index (χ2v) is 9.85. The van der Waals surface area contributed by atoms with Gasteiger partial charge in [0.25, 0.3) is 15.9 Å². The third kappa shape index (κ3) is 5.15. The van der Waals surface area contributed by atoms with Gasteiger partial charge in [-0.15, -0.1) is 0 Å². The molecule has 0 saturated heterocycles. The first kappa shape index (κ1) is 24.3. The normalized spacial score (nSPS) is 15.2. The minimum Gasteiger partial charge on any atom is -0.484 e. The van der Waals surface area contributed by atoms with Crippen molar-refractivity contribution in [1.29, 1.82) is 0 Å². The zero-order valence-electron chi connectivity index (χ0n) is 18.1. The molecular weight excluding hydrogens is 505 g/mol. The molecule has 184 valence electrons. The predicted octanol–water partition coefficient (Wildman–Crippen LogP) is 2.69. The Labute approximate surface area is 204 Å². The van der Waals surface area contributed by atoms with Crippen LogP contribution in [-0.2, 0) is 17.1 Å². The number of anilines is 2. The smallest absolute Gasteiger partial charge is 0.409 e. The van der Waals surface area contributed by atoms with Gasteiger partial charge in [-0.05, 0) is 36.4 Å². The molecule has 3 N–H and O–H groups in total. The average molecular weight is 524 g/mol. The van der Waals surface area contributed by atoms with E-state index in [1.54, 1.807) is 7.05 Å². The first-order chi connectivity index (χ1) is 16.5. The number of sulfonamides is 1. The standard InChI is InChI=1S/C21H19ClFN5O6S/c1-27-10-12(8-25-27)20(29)24-9-14-11-28(35(32,33)15-3-4-17(23)16(22)7-15)18-6-13(26-21(30)31)2-5-19(18)34-14/h2-8,10,14,26H,9,11H2,1H3,(H,24,29)(H,30,31). The van der Waals surface area contributed by atoms with Gasteiger partial charge in [-0.3, -0.25) is 19.1 Å². The molecule has 2 heterocycles. The number of hydrogen-bond donors (Lipinski definition) is 3. The second kappa shape index (κ2) is 9.43. The van der Waals surface area contributed by atoms with Crippen molar-refractivity contribution in [1.82, 2.24) is 15.1 Å². The summed E-state index contributed by atoms with van der Waals surface area (Å²) in [6, 6.07) is 7.12. The molecule has 0 saturated carbocycles. The third-order valence-corrected chi connectivity index (χ3v) is 7.14. The van der Waals surface area contributed by atoms with Gasteiger partial charge in [0.2, 0.25) is 0 Å². The van der Waals surface area contributed by atoms with Crippen molar-refractivity contribution in [2.75, 3.05) is 22.7 Å². The number of hydrogen-bond acceptors (Lipinski definition) is 6. The summed E-state index contributed by atoms with van der Waals surface area (Å²) in [6.07, 6.45) is 0.779. The van der Waals surface area contributed by atoms with Crippen LogP contribution < -0.4 is 19.7 Å². The Morgan fingerprint density at radius 1 is 1.29 bits per heavy atom. The van der Waals surface area contributed by atoms with E-state index in [1.165, 1.54) is 35.3 Å². The van der Waals surface area contributed by atoms with Gasteiger partial charge in [-0.25, -0.2) is 17.6 Å². The number of aromatic nitrogens is 2. The first-order valence-corrected chi connectivity index (χ1v) is 11.9. The van der Waals surface area contributed by atoms with Crippen molar-refractivity contribution >= 4 is 45.0 Å². The van der Waals surface area contributed by atoms with E-state index in [1.807, 2.05) is 0 Å². The van der Waals surface area contributed by atoms with E-state index in [9.17, 15) is 22.4 Å². The van der Waals surface area contributed by atoms with E-state index >= 15 is 0 Å². The summed E-state index contributed by atoms with van der Waals surface area (Å²) >= 11 is 5.80. The van der Waals surface area contributed by atoms with Crippen LogP contribution >= 0.6 is 11.6 Å². The quantitative estimate of drug-likeness (QED) is 0.450. The number of nitrogens with one attached hydrogen (secondary N) is 2. The van der Waals surface area contributed by atoms with Crippen molar-refractivity contribution in [3.05, 3.63) is 65.2 Å². The Morgan fingerprint density at radius 3 is 2.71 bits per heavy atom. The molecule has 1 aromatic heterocycles. The first-order valence-electron chi connectivity index (χ1n) is 10.1. The molecule has 0 radical (unpaired) electrons. The van der Waals surface area contributed by atoms with Crippen molar-refractivity contribution < 1.29 is 32.2 Å². The monoisotopic (exact) mass is 523 g/mol. The number of carbonyl (C=O) groups is 2. The Kier molecular flexibility index (Phi) is 6.54. The number of aryl methyl sites for hydroxylation is 1. The molecule has 1 aliphatic rings. The molecule has 0 bridgehead atoms. The van der Waals surface area contributed by atoms with Crippen LogP contribution in [0.2, 0.25) is 5.02 Å². The van der Waals surface area contributed by atoms with Gasteiger partial charge in [-0.2, -0.15) is 5.10 Å². The van der Waals surface area contributed by atoms with E-state index in [0.717, 1.165) is 22.5 Å². The highest BCUT2D eigenvalue weighted by atomic mass is 35.5. The minimum absolute atomic E-state index is 0.0432. The van der Waals surface area contributed by atoms with Crippen LogP contribution in [0.15, 0.2) is 53.7 Å². The highest BCUT2D eigenvalue weighted by Gasteiger charge is 2.35. The van der Waals surface area contributed by atoms with Gasteiger partial charge in [0, 0.05) is 18.9 Å². The summed E-state index contributed by atoms with van der Waals surface area (Å²) < 4.78 is 49.0. The summed E-state index contributed by atoms with van der Waals surface area (Å²) in [7, 11) is -2.62. The van der Waals surface area contributed by atoms with E-state index in [0.29, 0.717) is 5.56 Å². The number of ether oxygens (including phenoxy) is 1. The molecule has 1 unspecified atom stereocenters. The van der Waals surface area contributed by atoms with E-state index in [4.69, 9.17) is 21.4 Å². The lowest BCUT2D eigenvalue weighted by molar-refractivity contribution is 0.0927. The maximum absolute atomic E-state index is 13.7. The molecule has 14 heteroatoms. The van der Waals surface area contributed by atoms with Crippen LogP contribution in [0.4, 0.5) is 20.6 Å². The Morgan fingerprint density at radius 2 is 2.06 bits per heavy atom. The Bertz CT molecular complexity index is 1410. The molecule has 35 heavy (non-hydrogen) atoms. The summed E-state index contributed by atoms with van der Waals surface area (Å²) in [6.45, 7) is -0.271. The number of rotatable bonds is 6. The molecule has 2 aromatic carbocycles. The van der Waals surface area contributed by atoms with Crippen LogP contribution in [0, 0.1) is 5.82 Å². The molecule has 0 fully saturated rings. The fourth-order valence-electron chi connectivity index (χ4n) is 3.46. The molecule has 1 atom stereocenters. The second-order valence-electron chi connectivity index (χ2n) is 7.58. The maximum atomic E-state index is 13.7. The van der Waals surface area contributed by atoms with Gasteiger partial charge >= 0.3 is 6.09 Å². The lowest BCUT2D eigenvalue weighted by atomic mass is 10.2. The molecule has 11 nitrogen and oxygen atoms in total. The molecule has 0 aliphatic carbocycles. The van der Waals surface area contributed by atoms with Crippen molar-refractivity contribution in [2.45, 2.75) is 11.0 Å². The number of fused-ring (bicyclic) bond motifs is 1. The Balaban J connectivity index is 1.66. The molecule has 3 aromatic rings. The van der Waals surface area contributed by atoms with Crippen molar-refractivity contribution in [2.24, 2.45) is 7.05 Å². The lowest BCUT2D eigenvalue weighted by Crippen LogP contribution is -2.48. The molecule has 2 amide bonds. The predicted molar refractivity (Wildman–Crippen MR) is 124 cm³/mol. The number of halogens is 2. The third-order valence-electron chi connectivity index (χ3n) is 5.08. The van der Waals surface area contributed by atoms with Crippen LogP contribution in [0.3, 0.4) is 0 Å². The fourth-order valence-corrected chi connectivity index (χ4v) is 5.23. The number of carbonyl (C=O) groups excluding carboxylic acids is 1. The highest BCUT2D eigenvalue weighted by molar-refractivity contribution is 7.92. The number of nitrogens with zero attached hydrogens (tertiary/aromatic N) is 3. The van der Waals surface area contributed by atoms with Gasteiger partial charge in [0.1, 0.15) is 17.7 Å². The topological polar surface area (TPSA) is 143 Å². The number of carboxylic acid groups (broad SMARTS) is 1. The molecule has 0 spiro atoms. The number of amides is 2. The van der Waals surface area contributed by atoms with E-state index in [-0.39, 0.29) is 40.1 Å². The summed E-state index contributed by atoms with van der Waals surface area (Å²) in [5, 5.41) is 17.4. The van der Waals surface area contributed by atoms with Crippen LogP contribution in [0.5, 0.6) is 5.75 Å². The molecule has 4 rings (SSSR count). The highest BCUT2D eigenvalue weighted by Crippen LogP contribution is 2.39. The summed E-state index contributed by atoms with van der Waals surface area (Å²) in [5.74, 6) is -1.06. The van der Waals surface area contributed by atoms with E-state index in [2.05, 4.69) is 15.7 Å².